The summed E-state index contributed by atoms with van der Waals surface area (Å²) in [5.41, 5.74) is 0.874. The Morgan fingerprint density at radius 1 is 1.28 bits per heavy atom. The average Bonchev–Trinajstić information content (AvgIpc) is 2.37. The van der Waals surface area contributed by atoms with Gasteiger partial charge in [0.15, 0.2) is 0 Å². The van der Waals surface area contributed by atoms with Crippen molar-refractivity contribution in [3.8, 4) is 0 Å². The van der Waals surface area contributed by atoms with E-state index in [0.717, 1.165) is 17.4 Å². The number of carbonyl (C=O) groups excluding carboxylic acids is 1. The number of hydrogen-bond acceptors (Lipinski definition) is 4. The first-order chi connectivity index (χ1) is 8.65. The Hall–Kier alpha value is -2.10. The first-order valence-electron chi connectivity index (χ1n) is 5.89. The molecule has 0 spiro atoms. The Morgan fingerprint density at radius 3 is 2.72 bits per heavy atom. The van der Waals surface area contributed by atoms with Gasteiger partial charge in [0.25, 0.3) is 0 Å². The number of ether oxygens (including phenoxy) is 1. The first-order valence-corrected chi connectivity index (χ1v) is 5.89. The molecule has 2 rings (SSSR count). The second-order valence-electron chi connectivity index (χ2n) is 3.89. The van der Waals surface area contributed by atoms with Gasteiger partial charge in [-0.05, 0) is 37.1 Å². The zero-order chi connectivity index (χ0) is 13.1. The second-order valence-corrected chi connectivity index (χ2v) is 3.89. The van der Waals surface area contributed by atoms with Gasteiger partial charge in [0.05, 0.1) is 6.61 Å². The zero-order valence-corrected chi connectivity index (χ0v) is 10.4. The molecule has 0 saturated carbocycles. The maximum absolute atomic E-state index is 11.6. The zero-order valence-electron chi connectivity index (χ0n) is 10.4. The van der Waals surface area contributed by atoms with Gasteiger partial charge >= 0.3 is 11.6 Å². The standard InChI is InChI=1S/C14H14O4/c1-3-9-5-6-12-10(7-9)8-11(14(16)18-12)13(15)17-4-2/h5-8H,3-4H2,1-2H3. The van der Waals surface area contributed by atoms with Crippen LogP contribution in [0.5, 0.6) is 0 Å². The Kier molecular flexibility index (Phi) is 3.46. The molecule has 4 heteroatoms. The first kappa shape index (κ1) is 12.4. The van der Waals surface area contributed by atoms with Gasteiger partial charge < -0.3 is 9.15 Å². The lowest BCUT2D eigenvalue weighted by Gasteiger charge is -2.03. The van der Waals surface area contributed by atoms with Crippen molar-refractivity contribution in [2.45, 2.75) is 20.3 Å². The molecule has 94 valence electrons. The highest BCUT2D eigenvalue weighted by molar-refractivity contribution is 5.92. The smallest absolute Gasteiger partial charge is 0.351 e. The van der Waals surface area contributed by atoms with Gasteiger partial charge in [0, 0.05) is 5.39 Å². The van der Waals surface area contributed by atoms with Crippen LogP contribution in [0.4, 0.5) is 0 Å². The monoisotopic (exact) mass is 246 g/mol. The number of fused-ring (bicyclic) bond motifs is 1. The minimum atomic E-state index is -0.662. The van der Waals surface area contributed by atoms with Crippen LogP contribution in [0.1, 0.15) is 29.8 Å². The van der Waals surface area contributed by atoms with Gasteiger partial charge in [-0.2, -0.15) is 0 Å². The molecule has 0 saturated heterocycles. The highest BCUT2D eigenvalue weighted by atomic mass is 16.5. The maximum Gasteiger partial charge on any atom is 0.351 e. The van der Waals surface area contributed by atoms with E-state index in [1.165, 1.54) is 6.07 Å². The molecule has 1 aromatic carbocycles. The Bertz CT molecular complexity index is 640. The summed E-state index contributed by atoms with van der Waals surface area (Å²) in [5, 5.41) is 0.733. The van der Waals surface area contributed by atoms with Gasteiger partial charge in [-0.3, -0.25) is 0 Å². The van der Waals surface area contributed by atoms with Gasteiger partial charge in [-0.25, -0.2) is 9.59 Å². The highest BCUT2D eigenvalue weighted by Crippen LogP contribution is 2.16. The van der Waals surface area contributed by atoms with Crippen molar-refractivity contribution in [2.24, 2.45) is 0 Å². The van der Waals surface area contributed by atoms with Crippen LogP contribution >= 0.6 is 0 Å². The van der Waals surface area contributed by atoms with E-state index in [1.54, 1.807) is 13.0 Å². The van der Waals surface area contributed by atoms with Crippen LogP contribution in [0.25, 0.3) is 11.0 Å². The quantitative estimate of drug-likeness (QED) is 0.617. The van der Waals surface area contributed by atoms with Crippen molar-refractivity contribution in [1.82, 2.24) is 0 Å². The number of benzene rings is 1. The third-order valence-corrected chi connectivity index (χ3v) is 2.70. The Balaban J connectivity index is 2.58. The lowest BCUT2D eigenvalue weighted by molar-refractivity contribution is 0.0522. The molecule has 18 heavy (non-hydrogen) atoms. The highest BCUT2D eigenvalue weighted by Gasteiger charge is 2.14. The maximum atomic E-state index is 11.6. The lowest BCUT2D eigenvalue weighted by atomic mass is 10.1. The minimum Gasteiger partial charge on any atom is -0.462 e. The predicted molar refractivity (Wildman–Crippen MR) is 67.8 cm³/mol. The van der Waals surface area contributed by atoms with Crippen LogP contribution < -0.4 is 5.63 Å². The van der Waals surface area contributed by atoms with E-state index in [0.29, 0.717) is 5.58 Å². The van der Waals surface area contributed by atoms with Gasteiger partial charge in [-0.1, -0.05) is 13.0 Å². The molecular formula is C14H14O4. The van der Waals surface area contributed by atoms with E-state index in [1.807, 2.05) is 19.1 Å². The normalized spacial score (nSPS) is 10.6. The van der Waals surface area contributed by atoms with Crippen molar-refractivity contribution in [1.29, 1.82) is 0 Å². The fourth-order valence-electron chi connectivity index (χ4n) is 1.74. The Morgan fingerprint density at radius 2 is 2.06 bits per heavy atom. The summed E-state index contributed by atoms with van der Waals surface area (Å²) < 4.78 is 9.92. The minimum absolute atomic E-state index is 0.0578. The van der Waals surface area contributed by atoms with E-state index in [2.05, 4.69) is 0 Å². The van der Waals surface area contributed by atoms with Crippen LogP contribution in [0.2, 0.25) is 0 Å². The van der Waals surface area contributed by atoms with Crippen LogP contribution in [0, 0.1) is 0 Å². The summed E-state index contributed by atoms with van der Waals surface area (Å²) >= 11 is 0. The molecule has 0 aliphatic heterocycles. The Labute approximate surface area is 104 Å². The molecule has 0 unspecified atom stereocenters. The molecule has 1 aromatic heterocycles. The van der Waals surface area contributed by atoms with E-state index >= 15 is 0 Å². The largest absolute Gasteiger partial charge is 0.462 e. The van der Waals surface area contributed by atoms with Crippen molar-refractivity contribution in [2.75, 3.05) is 6.61 Å². The summed E-state index contributed by atoms with van der Waals surface area (Å²) in [6, 6.07) is 7.07. The van der Waals surface area contributed by atoms with Gasteiger partial charge in [-0.15, -0.1) is 0 Å². The number of aryl methyl sites for hydroxylation is 1. The summed E-state index contributed by atoms with van der Waals surface area (Å²) in [7, 11) is 0. The summed E-state index contributed by atoms with van der Waals surface area (Å²) in [6.45, 7) is 3.95. The molecule has 0 N–H and O–H groups in total. The molecule has 4 nitrogen and oxygen atoms in total. The average molecular weight is 246 g/mol. The molecule has 1 heterocycles. The van der Waals surface area contributed by atoms with Crippen molar-refractivity contribution in [3.63, 3.8) is 0 Å². The van der Waals surface area contributed by atoms with E-state index in [-0.39, 0.29) is 12.2 Å². The van der Waals surface area contributed by atoms with Crippen molar-refractivity contribution in [3.05, 3.63) is 45.8 Å². The molecule has 2 aromatic rings. The fourth-order valence-corrected chi connectivity index (χ4v) is 1.74. The molecule has 0 aliphatic carbocycles. The van der Waals surface area contributed by atoms with Crippen LogP contribution in [-0.4, -0.2) is 12.6 Å². The van der Waals surface area contributed by atoms with Crippen molar-refractivity contribution < 1.29 is 13.9 Å². The number of carbonyl (C=O) groups is 1. The number of rotatable bonds is 3. The van der Waals surface area contributed by atoms with Gasteiger partial charge in [0.2, 0.25) is 0 Å². The molecular weight excluding hydrogens is 232 g/mol. The van der Waals surface area contributed by atoms with E-state index in [4.69, 9.17) is 9.15 Å². The molecule has 0 atom stereocenters. The third-order valence-electron chi connectivity index (χ3n) is 2.70. The second kappa shape index (κ2) is 5.04. The fraction of sp³-hybridized carbons (Fsp3) is 0.286. The molecule has 0 bridgehead atoms. The molecule has 0 fully saturated rings. The summed E-state index contributed by atoms with van der Waals surface area (Å²) in [4.78, 5) is 23.2. The van der Waals surface area contributed by atoms with Crippen LogP contribution in [0.3, 0.4) is 0 Å². The SMILES string of the molecule is CCOC(=O)c1cc2cc(CC)ccc2oc1=O. The lowest BCUT2D eigenvalue weighted by Crippen LogP contribution is -2.16. The topological polar surface area (TPSA) is 56.5 Å². The molecule has 0 aliphatic rings. The molecule has 0 amide bonds. The number of hydrogen-bond donors (Lipinski definition) is 0. The summed E-state index contributed by atoms with van der Waals surface area (Å²) in [5.74, 6) is -0.643. The van der Waals surface area contributed by atoms with Crippen molar-refractivity contribution >= 4 is 16.9 Å². The van der Waals surface area contributed by atoms with Gasteiger partial charge in [0.1, 0.15) is 11.1 Å². The van der Waals surface area contributed by atoms with Crippen LogP contribution in [0.15, 0.2) is 33.5 Å². The summed E-state index contributed by atoms with van der Waals surface area (Å²) in [6.07, 6.45) is 0.879. The van der Waals surface area contributed by atoms with E-state index < -0.39 is 11.6 Å². The molecule has 0 radical (unpaired) electrons. The predicted octanol–water partition coefficient (Wildman–Crippen LogP) is 2.53. The van der Waals surface area contributed by atoms with E-state index in [9.17, 15) is 9.59 Å². The van der Waals surface area contributed by atoms with Crippen LogP contribution in [-0.2, 0) is 11.2 Å². The third kappa shape index (κ3) is 2.27. The number of esters is 1.